The van der Waals surface area contributed by atoms with Crippen molar-refractivity contribution in [2.45, 2.75) is 20.8 Å². The van der Waals surface area contributed by atoms with Crippen LogP contribution < -0.4 is 5.73 Å². The topological polar surface area (TPSA) is 80.7 Å². The molecule has 3 aromatic heterocycles. The van der Waals surface area contributed by atoms with Crippen molar-refractivity contribution in [3.8, 4) is 22.4 Å². The molecule has 3 rings (SSSR count). The molecule has 0 spiro atoms. The summed E-state index contributed by atoms with van der Waals surface area (Å²) in [5.41, 5.74) is 10.9. The first kappa shape index (κ1) is 12.5. The lowest BCUT2D eigenvalue weighted by molar-refractivity contribution is 0.503. The van der Waals surface area contributed by atoms with Gasteiger partial charge in [0.25, 0.3) is 0 Å². The van der Waals surface area contributed by atoms with Crippen LogP contribution in [0, 0.1) is 20.8 Å². The molecular formula is C15H16N4O. The summed E-state index contributed by atoms with van der Waals surface area (Å²) < 4.78 is 5.70. The number of nitrogens with two attached hydrogens (primary N) is 1. The molecule has 0 aromatic carbocycles. The van der Waals surface area contributed by atoms with Crippen molar-refractivity contribution in [1.82, 2.24) is 15.2 Å². The summed E-state index contributed by atoms with van der Waals surface area (Å²) in [5, 5.41) is 7.18. The molecule has 0 aliphatic carbocycles. The van der Waals surface area contributed by atoms with Gasteiger partial charge in [-0.05, 0) is 44.0 Å². The first-order valence-corrected chi connectivity index (χ1v) is 6.40. The highest BCUT2D eigenvalue weighted by Gasteiger charge is 2.21. The van der Waals surface area contributed by atoms with Crippen LogP contribution >= 0.6 is 0 Å². The molecule has 3 aromatic rings. The zero-order chi connectivity index (χ0) is 14.3. The number of hydrogen-bond donors (Lipinski definition) is 2. The molecule has 5 nitrogen and oxygen atoms in total. The number of aromatic nitrogens is 3. The van der Waals surface area contributed by atoms with Crippen molar-refractivity contribution in [1.29, 1.82) is 0 Å². The molecule has 0 bridgehead atoms. The van der Waals surface area contributed by atoms with E-state index in [0.29, 0.717) is 5.82 Å². The maximum absolute atomic E-state index is 6.02. The number of pyridine rings is 1. The number of nitrogen functional groups attached to an aromatic ring is 1. The van der Waals surface area contributed by atoms with Gasteiger partial charge in [0.2, 0.25) is 0 Å². The largest absolute Gasteiger partial charge is 0.466 e. The third-order valence-corrected chi connectivity index (χ3v) is 3.57. The number of nitrogens with zero attached hydrogens (tertiary/aromatic N) is 2. The van der Waals surface area contributed by atoms with E-state index in [1.807, 2.05) is 32.9 Å². The Hall–Kier alpha value is -2.56. The molecule has 3 N–H and O–H groups in total. The molecule has 0 aliphatic rings. The van der Waals surface area contributed by atoms with Gasteiger partial charge >= 0.3 is 0 Å². The molecule has 0 unspecified atom stereocenters. The highest BCUT2D eigenvalue weighted by atomic mass is 16.3. The van der Waals surface area contributed by atoms with Crippen molar-refractivity contribution < 1.29 is 4.42 Å². The fourth-order valence-corrected chi connectivity index (χ4v) is 2.51. The molecule has 0 aliphatic heterocycles. The number of aromatic amines is 1. The van der Waals surface area contributed by atoms with Crippen molar-refractivity contribution in [3.05, 3.63) is 41.6 Å². The standard InChI is InChI=1S/C15H16N4O/c1-8-9(2)20-10(3)12(8)14-13(15(16)19-18-14)11-4-6-17-7-5-11/h4-7H,1-3H3,(H3,16,18,19). The van der Waals surface area contributed by atoms with E-state index in [1.54, 1.807) is 12.4 Å². The van der Waals surface area contributed by atoms with Gasteiger partial charge in [-0.3, -0.25) is 10.1 Å². The van der Waals surface area contributed by atoms with Crippen LogP contribution in [-0.2, 0) is 0 Å². The summed E-state index contributed by atoms with van der Waals surface area (Å²) in [6, 6.07) is 3.84. The Bertz CT molecular complexity index is 756. The smallest absolute Gasteiger partial charge is 0.153 e. The van der Waals surface area contributed by atoms with Crippen LogP contribution in [0.1, 0.15) is 17.1 Å². The van der Waals surface area contributed by atoms with Crippen LogP contribution in [0.15, 0.2) is 28.9 Å². The average molecular weight is 268 g/mol. The quantitative estimate of drug-likeness (QED) is 0.747. The summed E-state index contributed by atoms with van der Waals surface area (Å²) in [6.07, 6.45) is 3.48. The first-order chi connectivity index (χ1) is 9.59. The van der Waals surface area contributed by atoms with Gasteiger partial charge in [-0.1, -0.05) is 0 Å². The average Bonchev–Trinajstić information content (AvgIpc) is 2.92. The van der Waals surface area contributed by atoms with Crippen molar-refractivity contribution in [2.75, 3.05) is 5.73 Å². The minimum Gasteiger partial charge on any atom is -0.466 e. The summed E-state index contributed by atoms with van der Waals surface area (Å²) in [7, 11) is 0. The minimum atomic E-state index is 0.476. The van der Waals surface area contributed by atoms with Crippen LogP contribution in [0.25, 0.3) is 22.4 Å². The Kier molecular flexibility index (Phi) is 2.82. The Morgan fingerprint density at radius 2 is 1.75 bits per heavy atom. The van der Waals surface area contributed by atoms with Crippen LogP contribution in [0.3, 0.4) is 0 Å². The second-order valence-electron chi connectivity index (χ2n) is 4.81. The van der Waals surface area contributed by atoms with Gasteiger partial charge in [-0.15, -0.1) is 0 Å². The zero-order valence-electron chi connectivity index (χ0n) is 11.7. The number of anilines is 1. The molecule has 0 atom stereocenters. The summed E-state index contributed by atoms with van der Waals surface area (Å²) >= 11 is 0. The van der Waals surface area contributed by atoms with Gasteiger partial charge in [0.1, 0.15) is 11.5 Å². The van der Waals surface area contributed by atoms with Crippen molar-refractivity contribution in [2.24, 2.45) is 0 Å². The number of nitrogens with one attached hydrogen (secondary N) is 1. The first-order valence-electron chi connectivity index (χ1n) is 6.40. The van der Waals surface area contributed by atoms with Gasteiger partial charge < -0.3 is 10.2 Å². The van der Waals surface area contributed by atoms with Gasteiger partial charge in [-0.2, -0.15) is 5.10 Å². The second kappa shape index (κ2) is 4.52. The second-order valence-corrected chi connectivity index (χ2v) is 4.81. The predicted octanol–water partition coefficient (Wildman–Crippen LogP) is 3.24. The van der Waals surface area contributed by atoms with E-state index in [1.165, 1.54) is 0 Å². The molecule has 0 fully saturated rings. The maximum Gasteiger partial charge on any atom is 0.153 e. The number of hydrogen-bond acceptors (Lipinski definition) is 4. The molecular weight excluding hydrogens is 252 g/mol. The van der Waals surface area contributed by atoms with E-state index in [9.17, 15) is 0 Å². The predicted molar refractivity (Wildman–Crippen MR) is 78.1 cm³/mol. The minimum absolute atomic E-state index is 0.476. The van der Waals surface area contributed by atoms with Crippen LogP contribution in [0.4, 0.5) is 5.82 Å². The molecule has 102 valence electrons. The summed E-state index contributed by atoms with van der Waals surface area (Å²) in [6.45, 7) is 5.94. The monoisotopic (exact) mass is 268 g/mol. The molecule has 0 saturated carbocycles. The van der Waals surface area contributed by atoms with Gasteiger partial charge in [0.15, 0.2) is 5.82 Å². The number of H-pyrrole nitrogens is 1. The number of furan rings is 1. The SMILES string of the molecule is Cc1oc(C)c(-c2[nH]nc(N)c2-c2ccncc2)c1C. The fraction of sp³-hybridized carbons (Fsp3) is 0.200. The molecule has 5 heteroatoms. The normalized spacial score (nSPS) is 10.9. The number of aryl methyl sites for hydroxylation is 2. The maximum atomic E-state index is 6.02. The van der Waals surface area contributed by atoms with Crippen LogP contribution in [0.2, 0.25) is 0 Å². The molecule has 20 heavy (non-hydrogen) atoms. The lowest BCUT2D eigenvalue weighted by Crippen LogP contribution is -1.90. The zero-order valence-corrected chi connectivity index (χ0v) is 11.7. The van der Waals surface area contributed by atoms with E-state index in [-0.39, 0.29) is 0 Å². The van der Waals surface area contributed by atoms with E-state index in [2.05, 4.69) is 15.2 Å². The molecule has 3 heterocycles. The van der Waals surface area contributed by atoms with Crippen LogP contribution in [0.5, 0.6) is 0 Å². The highest BCUT2D eigenvalue weighted by molar-refractivity contribution is 5.89. The van der Waals surface area contributed by atoms with E-state index in [4.69, 9.17) is 10.2 Å². The highest BCUT2D eigenvalue weighted by Crippen LogP contribution is 2.39. The van der Waals surface area contributed by atoms with E-state index in [0.717, 1.165) is 39.5 Å². The Balaban J connectivity index is 2.27. The van der Waals surface area contributed by atoms with Gasteiger partial charge in [-0.25, -0.2) is 0 Å². The lowest BCUT2D eigenvalue weighted by atomic mass is 9.99. The van der Waals surface area contributed by atoms with Gasteiger partial charge in [0.05, 0.1) is 11.3 Å². The third kappa shape index (κ3) is 1.79. The van der Waals surface area contributed by atoms with E-state index >= 15 is 0 Å². The fourth-order valence-electron chi connectivity index (χ4n) is 2.51. The molecule has 0 radical (unpaired) electrons. The Labute approximate surface area is 116 Å². The van der Waals surface area contributed by atoms with Crippen LogP contribution in [-0.4, -0.2) is 15.2 Å². The van der Waals surface area contributed by atoms with Gasteiger partial charge in [0, 0.05) is 18.0 Å². The Morgan fingerprint density at radius 1 is 1.05 bits per heavy atom. The Morgan fingerprint density at radius 3 is 2.35 bits per heavy atom. The summed E-state index contributed by atoms with van der Waals surface area (Å²) in [5.74, 6) is 2.24. The number of rotatable bonds is 2. The van der Waals surface area contributed by atoms with Crippen molar-refractivity contribution in [3.63, 3.8) is 0 Å². The third-order valence-electron chi connectivity index (χ3n) is 3.57. The van der Waals surface area contributed by atoms with E-state index < -0.39 is 0 Å². The lowest BCUT2D eigenvalue weighted by Gasteiger charge is -2.04. The van der Waals surface area contributed by atoms with Crippen molar-refractivity contribution >= 4 is 5.82 Å². The molecule has 0 saturated heterocycles. The molecule has 0 amide bonds. The summed E-state index contributed by atoms with van der Waals surface area (Å²) in [4.78, 5) is 4.04.